The van der Waals surface area contributed by atoms with Gasteiger partial charge >= 0.3 is 0 Å². The van der Waals surface area contributed by atoms with Crippen LogP contribution in [0.15, 0.2) is 0 Å². The number of nitrogens with zero attached hydrogens (tertiary/aromatic N) is 1. The topological polar surface area (TPSA) is 20.3 Å². The Labute approximate surface area is 103 Å². The number of ketones is 1. The second-order valence-corrected chi connectivity index (χ2v) is 6.33. The zero-order chi connectivity index (χ0) is 11.7. The van der Waals surface area contributed by atoms with Gasteiger partial charge in [0.25, 0.3) is 0 Å². The van der Waals surface area contributed by atoms with Crippen LogP contribution in [-0.4, -0.2) is 40.8 Å². The van der Waals surface area contributed by atoms with Crippen molar-refractivity contribution in [2.75, 3.05) is 12.8 Å². The van der Waals surface area contributed by atoms with Crippen molar-refractivity contribution in [2.24, 2.45) is 5.92 Å². The van der Waals surface area contributed by atoms with Crippen molar-refractivity contribution in [3.63, 3.8) is 0 Å². The van der Waals surface area contributed by atoms with E-state index in [1.54, 1.807) is 0 Å². The summed E-state index contributed by atoms with van der Waals surface area (Å²) in [5.41, 5.74) is 0. The van der Waals surface area contributed by atoms with Crippen molar-refractivity contribution in [1.29, 1.82) is 0 Å². The Morgan fingerprint density at radius 3 is 2.75 bits per heavy atom. The number of likely N-dealkylation sites (tertiary alicyclic amines) is 1. The molecule has 0 N–H and O–H groups in total. The van der Waals surface area contributed by atoms with E-state index in [1.807, 2.05) is 11.8 Å². The maximum atomic E-state index is 11.7. The highest BCUT2D eigenvalue weighted by Gasteiger charge is 2.39. The van der Waals surface area contributed by atoms with Gasteiger partial charge in [-0.1, -0.05) is 13.3 Å². The first-order valence-corrected chi connectivity index (χ1v) is 7.75. The molecular weight excluding hydrogens is 218 g/mol. The standard InChI is InChI=1S/C13H23NOS/c1-9-10(2)14(8-7-12(9)15)11-5-4-6-13(11)16-3/h9-11,13H,4-8H2,1-3H3. The van der Waals surface area contributed by atoms with Gasteiger partial charge in [0.2, 0.25) is 0 Å². The molecule has 16 heavy (non-hydrogen) atoms. The van der Waals surface area contributed by atoms with Crippen LogP contribution >= 0.6 is 11.8 Å². The molecule has 1 saturated heterocycles. The van der Waals surface area contributed by atoms with Gasteiger partial charge < -0.3 is 0 Å². The van der Waals surface area contributed by atoms with Gasteiger partial charge in [-0.15, -0.1) is 0 Å². The molecule has 0 radical (unpaired) electrons. The highest BCUT2D eigenvalue weighted by atomic mass is 32.2. The molecule has 1 aliphatic heterocycles. The number of carbonyl (C=O) groups is 1. The summed E-state index contributed by atoms with van der Waals surface area (Å²) in [6.07, 6.45) is 7.05. The smallest absolute Gasteiger partial charge is 0.138 e. The van der Waals surface area contributed by atoms with E-state index < -0.39 is 0 Å². The molecule has 0 aromatic heterocycles. The monoisotopic (exact) mass is 241 g/mol. The first-order chi connectivity index (χ1) is 7.65. The molecule has 0 spiro atoms. The molecule has 0 aromatic carbocycles. The van der Waals surface area contributed by atoms with Crippen LogP contribution in [0.5, 0.6) is 0 Å². The minimum absolute atomic E-state index is 0.233. The van der Waals surface area contributed by atoms with Gasteiger partial charge in [-0.2, -0.15) is 11.8 Å². The summed E-state index contributed by atoms with van der Waals surface area (Å²) in [7, 11) is 0. The number of thioether (sulfide) groups is 1. The highest BCUT2D eigenvalue weighted by Crippen LogP contribution is 2.35. The maximum Gasteiger partial charge on any atom is 0.138 e. The lowest BCUT2D eigenvalue weighted by molar-refractivity contribution is -0.128. The second-order valence-electron chi connectivity index (χ2n) is 5.26. The van der Waals surface area contributed by atoms with E-state index in [-0.39, 0.29) is 5.92 Å². The average Bonchev–Trinajstić information content (AvgIpc) is 2.74. The minimum Gasteiger partial charge on any atom is -0.299 e. The van der Waals surface area contributed by atoms with Crippen LogP contribution in [0.25, 0.3) is 0 Å². The molecule has 3 heteroatoms. The van der Waals surface area contributed by atoms with Crippen LogP contribution in [0.3, 0.4) is 0 Å². The van der Waals surface area contributed by atoms with Gasteiger partial charge in [-0.25, -0.2) is 0 Å². The minimum atomic E-state index is 0.233. The molecule has 2 nitrogen and oxygen atoms in total. The molecule has 4 unspecified atom stereocenters. The Hall–Kier alpha value is -0.0200. The highest BCUT2D eigenvalue weighted by molar-refractivity contribution is 7.99. The number of hydrogen-bond acceptors (Lipinski definition) is 3. The fourth-order valence-electron chi connectivity index (χ4n) is 3.26. The average molecular weight is 241 g/mol. The molecule has 1 aliphatic carbocycles. The third-order valence-electron chi connectivity index (χ3n) is 4.52. The summed E-state index contributed by atoms with van der Waals surface area (Å²) in [6.45, 7) is 5.33. The van der Waals surface area contributed by atoms with Gasteiger partial charge in [0.1, 0.15) is 5.78 Å². The van der Waals surface area contributed by atoms with Crippen molar-refractivity contribution in [3.05, 3.63) is 0 Å². The van der Waals surface area contributed by atoms with Crippen LogP contribution in [0.2, 0.25) is 0 Å². The lowest BCUT2D eigenvalue weighted by Gasteiger charge is -2.42. The van der Waals surface area contributed by atoms with Gasteiger partial charge in [0.15, 0.2) is 0 Å². The van der Waals surface area contributed by atoms with Gasteiger partial charge in [-0.05, 0) is 26.0 Å². The predicted molar refractivity (Wildman–Crippen MR) is 69.9 cm³/mol. The predicted octanol–water partition coefficient (Wildman–Crippen LogP) is 2.57. The summed E-state index contributed by atoms with van der Waals surface area (Å²) >= 11 is 2.01. The molecule has 2 aliphatic rings. The van der Waals surface area contributed by atoms with E-state index in [1.165, 1.54) is 19.3 Å². The summed E-state index contributed by atoms with van der Waals surface area (Å²) < 4.78 is 0. The van der Waals surface area contributed by atoms with Crippen molar-refractivity contribution in [2.45, 2.75) is 56.9 Å². The van der Waals surface area contributed by atoms with Gasteiger partial charge in [0, 0.05) is 36.2 Å². The van der Waals surface area contributed by atoms with Gasteiger partial charge in [-0.3, -0.25) is 9.69 Å². The lowest BCUT2D eigenvalue weighted by Crippen LogP contribution is -2.53. The number of hydrogen-bond donors (Lipinski definition) is 0. The Bertz CT molecular complexity index is 269. The Morgan fingerprint density at radius 1 is 1.31 bits per heavy atom. The van der Waals surface area contributed by atoms with Gasteiger partial charge in [0.05, 0.1) is 0 Å². The van der Waals surface area contributed by atoms with E-state index in [4.69, 9.17) is 0 Å². The summed E-state index contributed by atoms with van der Waals surface area (Å²) in [5, 5.41) is 0.794. The van der Waals surface area contributed by atoms with Crippen LogP contribution in [0, 0.1) is 5.92 Å². The van der Waals surface area contributed by atoms with Crippen molar-refractivity contribution in [3.8, 4) is 0 Å². The lowest BCUT2D eigenvalue weighted by atomic mass is 9.89. The fourth-order valence-corrected chi connectivity index (χ4v) is 4.26. The van der Waals surface area contributed by atoms with E-state index in [0.29, 0.717) is 11.8 Å². The van der Waals surface area contributed by atoms with Crippen LogP contribution in [0.1, 0.15) is 39.5 Å². The number of carbonyl (C=O) groups excluding carboxylic acids is 1. The number of rotatable bonds is 2. The molecule has 0 aromatic rings. The first kappa shape index (κ1) is 12.4. The largest absolute Gasteiger partial charge is 0.299 e. The quantitative estimate of drug-likeness (QED) is 0.741. The molecule has 1 heterocycles. The van der Waals surface area contributed by atoms with Crippen molar-refractivity contribution < 1.29 is 4.79 Å². The number of Topliss-reactive ketones (excluding diaryl/α,β-unsaturated/α-hetero) is 1. The van der Waals surface area contributed by atoms with Crippen LogP contribution < -0.4 is 0 Å². The third kappa shape index (κ3) is 2.17. The molecule has 2 rings (SSSR count). The normalized spacial score (nSPS) is 41.6. The molecule has 2 fully saturated rings. The molecular formula is C13H23NOS. The summed E-state index contributed by atoms with van der Waals surface area (Å²) in [5.74, 6) is 0.694. The Kier molecular flexibility index (Phi) is 3.96. The Morgan fingerprint density at radius 2 is 2.06 bits per heavy atom. The van der Waals surface area contributed by atoms with E-state index in [2.05, 4.69) is 25.0 Å². The molecule has 0 bridgehead atoms. The third-order valence-corrected chi connectivity index (χ3v) is 5.67. The second kappa shape index (κ2) is 5.09. The molecule has 92 valence electrons. The fraction of sp³-hybridized carbons (Fsp3) is 0.923. The van der Waals surface area contributed by atoms with E-state index in [0.717, 1.165) is 24.3 Å². The molecule has 1 saturated carbocycles. The zero-order valence-electron chi connectivity index (χ0n) is 10.6. The maximum absolute atomic E-state index is 11.7. The van der Waals surface area contributed by atoms with Crippen molar-refractivity contribution >= 4 is 17.5 Å². The number of piperidine rings is 1. The van der Waals surface area contributed by atoms with Crippen LogP contribution in [-0.2, 0) is 4.79 Å². The van der Waals surface area contributed by atoms with E-state index >= 15 is 0 Å². The zero-order valence-corrected chi connectivity index (χ0v) is 11.4. The SMILES string of the molecule is CSC1CCCC1N1CCC(=O)C(C)C1C. The van der Waals surface area contributed by atoms with Crippen LogP contribution in [0.4, 0.5) is 0 Å². The van der Waals surface area contributed by atoms with Crippen molar-refractivity contribution in [1.82, 2.24) is 4.90 Å². The van der Waals surface area contributed by atoms with E-state index in [9.17, 15) is 4.79 Å². The Balaban J connectivity index is 2.06. The molecule has 4 atom stereocenters. The summed E-state index contributed by atoms with van der Waals surface area (Å²) in [4.78, 5) is 14.3. The molecule has 0 amide bonds. The summed E-state index contributed by atoms with van der Waals surface area (Å²) in [6, 6.07) is 1.17. The first-order valence-electron chi connectivity index (χ1n) is 6.46.